The molecule has 2 nitrogen and oxygen atoms in total. The van der Waals surface area contributed by atoms with Crippen molar-refractivity contribution in [3.05, 3.63) is 34.9 Å². The van der Waals surface area contributed by atoms with Gasteiger partial charge in [-0.25, -0.2) is 0 Å². The standard InChI is InChI=1S/C15H20ClNO/c1-2-12-7-9-17(10-8-12)11-15(18)13-3-5-14(16)6-4-13/h3-6,12H,2,7-11H2,1H3. The lowest BCUT2D eigenvalue weighted by molar-refractivity contribution is 0.0894. The molecule has 0 N–H and O–H groups in total. The number of carbonyl (C=O) groups is 1. The average Bonchev–Trinajstić information content (AvgIpc) is 2.40. The lowest BCUT2D eigenvalue weighted by Crippen LogP contribution is -2.37. The normalized spacial score (nSPS) is 17.9. The maximum Gasteiger partial charge on any atom is 0.176 e. The number of nitrogens with zero attached hydrogens (tertiary/aromatic N) is 1. The molecule has 0 atom stereocenters. The van der Waals surface area contributed by atoms with Crippen LogP contribution in [-0.4, -0.2) is 30.3 Å². The molecular weight excluding hydrogens is 246 g/mol. The van der Waals surface area contributed by atoms with Gasteiger partial charge < -0.3 is 0 Å². The first kappa shape index (κ1) is 13.6. The zero-order valence-corrected chi connectivity index (χ0v) is 11.6. The number of rotatable bonds is 4. The molecule has 1 fully saturated rings. The van der Waals surface area contributed by atoms with Crippen LogP contribution in [-0.2, 0) is 0 Å². The van der Waals surface area contributed by atoms with Crippen molar-refractivity contribution < 1.29 is 4.79 Å². The third kappa shape index (κ3) is 3.56. The predicted molar refractivity (Wildman–Crippen MR) is 75.2 cm³/mol. The fourth-order valence-corrected chi connectivity index (χ4v) is 2.61. The number of halogens is 1. The van der Waals surface area contributed by atoms with E-state index in [4.69, 9.17) is 11.6 Å². The van der Waals surface area contributed by atoms with E-state index in [1.54, 1.807) is 12.1 Å². The second kappa shape index (κ2) is 6.35. The fourth-order valence-electron chi connectivity index (χ4n) is 2.48. The Morgan fingerprint density at radius 2 is 1.89 bits per heavy atom. The van der Waals surface area contributed by atoms with Gasteiger partial charge in [0, 0.05) is 10.6 Å². The molecule has 1 heterocycles. The molecule has 3 heteroatoms. The zero-order valence-electron chi connectivity index (χ0n) is 10.9. The number of hydrogen-bond donors (Lipinski definition) is 0. The Hall–Kier alpha value is -0.860. The van der Waals surface area contributed by atoms with Gasteiger partial charge in [-0.2, -0.15) is 0 Å². The van der Waals surface area contributed by atoms with Gasteiger partial charge in [0.2, 0.25) is 0 Å². The predicted octanol–water partition coefficient (Wildman–Crippen LogP) is 3.64. The van der Waals surface area contributed by atoms with Crippen LogP contribution in [0.2, 0.25) is 5.02 Å². The van der Waals surface area contributed by atoms with E-state index < -0.39 is 0 Å². The topological polar surface area (TPSA) is 20.3 Å². The molecule has 0 aromatic heterocycles. The lowest BCUT2D eigenvalue weighted by atomic mass is 9.94. The van der Waals surface area contributed by atoms with Gasteiger partial charge in [-0.1, -0.05) is 24.9 Å². The maximum atomic E-state index is 12.1. The van der Waals surface area contributed by atoms with Crippen LogP contribution in [0.3, 0.4) is 0 Å². The van der Waals surface area contributed by atoms with Crippen LogP contribution in [0.25, 0.3) is 0 Å². The van der Waals surface area contributed by atoms with E-state index in [-0.39, 0.29) is 5.78 Å². The molecule has 0 bridgehead atoms. The molecule has 0 saturated carbocycles. The molecule has 1 aliphatic rings. The zero-order chi connectivity index (χ0) is 13.0. The van der Waals surface area contributed by atoms with Crippen LogP contribution in [0.5, 0.6) is 0 Å². The van der Waals surface area contributed by atoms with E-state index >= 15 is 0 Å². The average molecular weight is 266 g/mol. The van der Waals surface area contributed by atoms with Crippen LogP contribution in [0.15, 0.2) is 24.3 Å². The van der Waals surface area contributed by atoms with Gasteiger partial charge in [0.25, 0.3) is 0 Å². The highest BCUT2D eigenvalue weighted by molar-refractivity contribution is 6.30. The molecule has 2 rings (SSSR count). The summed E-state index contributed by atoms with van der Waals surface area (Å²) in [5.41, 5.74) is 0.761. The molecule has 0 amide bonds. The highest BCUT2D eigenvalue weighted by atomic mass is 35.5. The Morgan fingerprint density at radius 1 is 1.28 bits per heavy atom. The van der Waals surface area contributed by atoms with Crippen molar-refractivity contribution in [1.82, 2.24) is 4.90 Å². The molecule has 1 aromatic carbocycles. The van der Waals surface area contributed by atoms with Crippen LogP contribution in [0.4, 0.5) is 0 Å². The highest BCUT2D eigenvalue weighted by Crippen LogP contribution is 2.20. The third-order valence-electron chi connectivity index (χ3n) is 3.82. The number of Topliss-reactive ketones (excluding diaryl/α,β-unsaturated/α-hetero) is 1. The third-order valence-corrected chi connectivity index (χ3v) is 4.07. The van der Waals surface area contributed by atoms with Crippen molar-refractivity contribution in [2.75, 3.05) is 19.6 Å². The van der Waals surface area contributed by atoms with E-state index in [0.717, 1.165) is 24.6 Å². The Kier molecular flexibility index (Phi) is 4.79. The van der Waals surface area contributed by atoms with Crippen molar-refractivity contribution in [3.8, 4) is 0 Å². The van der Waals surface area contributed by atoms with Crippen molar-refractivity contribution in [2.45, 2.75) is 26.2 Å². The molecule has 1 aromatic rings. The summed E-state index contributed by atoms with van der Waals surface area (Å²) < 4.78 is 0. The molecular formula is C15H20ClNO. The quantitative estimate of drug-likeness (QED) is 0.775. The molecule has 0 radical (unpaired) electrons. The summed E-state index contributed by atoms with van der Waals surface area (Å²) in [6.45, 7) is 4.90. The minimum Gasteiger partial charge on any atom is -0.296 e. The molecule has 0 spiro atoms. The van der Waals surface area contributed by atoms with Gasteiger partial charge >= 0.3 is 0 Å². The summed E-state index contributed by atoms with van der Waals surface area (Å²) in [4.78, 5) is 14.4. The Bertz CT molecular complexity index is 393. The summed E-state index contributed by atoms with van der Waals surface area (Å²) in [6, 6.07) is 7.17. The highest BCUT2D eigenvalue weighted by Gasteiger charge is 2.19. The van der Waals surface area contributed by atoms with Gasteiger partial charge in [0.15, 0.2) is 5.78 Å². The number of likely N-dealkylation sites (tertiary alicyclic amines) is 1. The summed E-state index contributed by atoms with van der Waals surface area (Å²) in [5, 5.41) is 0.676. The number of piperidine rings is 1. The van der Waals surface area contributed by atoms with Gasteiger partial charge in [0.1, 0.15) is 0 Å². The van der Waals surface area contributed by atoms with Gasteiger partial charge in [0.05, 0.1) is 6.54 Å². The van der Waals surface area contributed by atoms with Crippen molar-refractivity contribution in [1.29, 1.82) is 0 Å². The summed E-state index contributed by atoms with van der Waals surface area (Å²) in [5.74, 6) is 1.05. The van der Waals surface area contributed by atoms with E-state index in [9.17, 15) is 4.79 Å². The Balaban J connectivity index is 1.86. The second-order valence-electron chi connectivity index (χ2n) is 5.06. The van der Waals surface area contributed by atoms with E-state index in [2.05, 4.69) is 11.8 Å². The SMILES string of the molecule is CCC1CCN(CC(=O)c2ccc(Cl)cc2)CC1. The number of ketones is 1. The second-order valence-corrected chi connectivity index (χ2v) is 5.49. The Morgan fingerprint density at radius 3 is 2.44 bits per heavy atom. The van der Waals surface area contributed by atoms with E-state index in [1.807, 2.05) is 12.1 Å². The van der Waals surface area contributed by atoms with E-state index in [1.165, 1.54) is 19.3 Å². The van der Waals surface area contributed by atoms with E-state index in [0.29, 0.717) is 11.6 Å². The summed E-state index contributed by atoms with van der Waals surface area (Å²) >= 11 is 5.82. The van der Waals surface area contributed by atoms with Crippen LogP contribution in [0, 0.1) is 5.92 Å². The fraction of sp³-hybridized carbons (Fsp3) is 0.533. The molecule has 1 aliphatic heterocycles. The van der Waals surface area contributed by atoms with Gasteiger partial charge in [-0.05, 0) is 56.1 Å². The smallest absolute Gasteiger partial charge is 0.176 e. The lowest BCUT2D eigenvalue weighted by Gasteiger charge is -2.30. The Labute approximate surface area is 114 Å². The molecule has 1 saturated heterocycles. The minimum atomic E-state index is 0.196. The van der Waals surface area contributed by atoms with Gasteiger partial charge in [-0.3, -0.25) is 9.69 Å². The molecule has 98 valence electrons. The van der Waals surface area contributed by atoms with Gasteiger partial charge in [-0.15, -0.1) is 0 Å². The number of hydrogen-bond acceptors (Lipinski definition) is 2. The summed E-state index contributed by atoms with van der Waals surface area (Å²) in [6.07, 6.45) is 3.72. The van der Waals surface area contributed by atoms with Crippen molar-refractivity contribution >= 4 is 17.4 Å². The van der Waals surface area contributed by atoms with Crippen molar-refractivity contribution in [3.63, 3.8) is 0 Å². The monoisotopic (exact) mass is 265 g/mol. The van der Waals surface area contributed by atoms with Crippen LogP contribution >= 0.6 is 11.6 Å². The first-order valence-corrected chi connectivity index (χ1v) is 7.08. The summed E-state index contributed by atoms with van der Waals surface area (Å²) in [7, 11) is 0. The number of benzene rings is 1. The molecule has 0 aliphatic carbocycles. The first-order chi connectivity index (χ1) is 8.69. The molecule has 18 heavy (non-hydrogen) atoms. The maximum absolute atomic E-state index is 12.1. The largest absolute Gasteiger partial charge is 0.296 e. The van der Waals surface area contributed by atoms with Crippen molar-refractivity contribution in [2.24, 2.45) is 5.92 Å². The van der Waals surface area contributed by atoms with Crippen LogP contribution in [0.1, 0.15) is 36.5 Å². The first-order valence-electron chi connectivity index (χ1n) is 6.70. The molecule has 0 unspecified atom stereocenters. The number of carbonyl (C=O) groups excluding carboxylic acids is 1. The minimum absolute atomic E-state index is 0.196. The van der Waals surface area contributed by atoms with Crippen LogP contribution < -0.4 is 0 Å².